The summed E-state index contributed by atoms with van der Waals surface area (Å²) in [4.78, 5) is 18.9. The molecule has 1 fully saturated rings. The molecule has 21 heavy (non-hydrogen) atoms. The third-order valence-corrected chi connectivity index (χ3v) is 4.15. The van der Waals surface area contributed by atoms with Crippen LogP contribution in [0.3, 0.4) is 0 Å². The number of anilines is 2. The predicted molar refractivity (Wildman–Crippen MR) is 85.8 cm³/mol. The smallest absolute Gasteiger partial charge is 0.267 e. The summed E-state index contributed by atoms with van der Waals surface area (Å²) in [5.74, 6) is 0.193. The Hall–Kier alpha value is -1.34. The number of carbonyl (C=O) groups is 1. The van der Waals surface area contributed by atoms with Crippen molar-refractivity contribution in [2.45, 2.75) is 45.3 Å². The van der Waals surface area contributed by atoms with E-state index >= 15 is 0 Å². The lowest BCUT2D eigenvalue weighted by molar-refractivity contribution is 0.0591. The highest BCUT2D eigenvalue weighted by atomic mass is 32.1. The van der Waals surface area contributed by atoms with Gasteiger partial charge >= 0.3 is 0 Å². The molecule has 1 aromatic heterocycles. The molecule has 0 aliphatic carbocycles. The fourth-order valence-corrected chi connectivity index (χ4v) is 3.30. The van der Waals surface area contributed by atoms with Crippen molar-refractivity contribution in [2.24, 2.45) is 0 Å². The van der Waals surface area contributed by atoms with Gasteiger partial charge < -0.3 is 20.7 Å². The number of ether oxygens (including phenoxy) is 1. The van der Waals surface area contributed by atoms with Crippen molar-refractivity contribution in [3.8, 4) is 0 Å². The molecular formula is C14H24N4O2S. The second kappa shape index (κ2) is 6.19. The average molecular weight is 312 g/mol. The maximum atomic E-state index is 12.5. The van der Waals surface area contributed by atoms with E-state index in [0.717, 1.165) is 19.4 Å². The van der Waals surface area contributed by atoms with Crippen molar-refractivity contribution < 1.29 is 9.53 Å². The number of hydrogen-bond donors (Lipinski definition) is 2. The molecule has 0 saturated carbocycles. The van der Waals surface area contributed by atoms with Gasteiger partial charge in [-0.15, -0.1) is 0 Å². The third-order valence-electron chi connectivity index (χ3n) is 3.18. The van der Waals surface area contributed by atoms with Crippen LogP contribution in [0.15, 0.2) is 0 Å². The van der Waals surface area contributed by atoms with Gasteiger partial charge in [0.15, 0.2) is 5.13 Å². The number of aromatic nitrogens is 1. The van der Waals surface area contributed by atoms with Crippen LogP contribution in [0.1, 0.15) is 43.3 Å². The summed E-state index contributed by atoms with van der Waals surface area (Å²) in [6, 6.07) is 0. The van der Waals surface area contributed by atoms with Crippen molar-refractivity contribution in [2.75, 3.05) is 31.2 Å². The summed E-state index contributed by atoms with van der Waals surface area (Å²) in [6.45, 7) is 7.49. The van der Waals surface area contributed by atoms with E-state index < -0.39 is 0 Å². The maximum Gasteiger partial charge on any atom is 0.267 e. The monoisotopic (exact) mass is 312 g/mol. The Morgan fingerprint density at radius 3 is 2.86 bits per heavy atom. The Bertz CT molecular complexity index is 504. The third kappa shape index (κ3) is 4.31. The number of amides is 1. The Labute approximate surface area is 129 Å². The molecule has 1 amide bonds. The summed E-state index contributed by atoms with van der Waals surface area (Å²) >= 11 is 1.30. The molecule has 0 aromatic carbocycles. The molecule has 1 saturated heterocycles. The molecule has 1 aromatic rings. The summed E-state index contributed by atoms with van der Waals surface area (Å²) in [7, 11) is 1.78. The number of nitrogens with zero attached hydrogens (tertiary/aromatic N) is 2. The lowest BCUT2D eigenvalue weighted by Crippen LogP contribution is -2.34. The van der Waals surface area contributed by atoms with Gasteiger partial charge in [-0.05, 0) is 33.6 Å². The van der Waals surface area contributed by atoms with E-state index in [4.69, 9.17) is 10.5 Å². The van der Waals surface area contributed by atoms with Gasteiger partial charge in [0.2, 0.25) is 0 Å². The van der Waals surface area contributed by atoms with Crippen molar-refractivity contribution in [3.63, 3.8) is 0 Å². The lowest BCUT2D eigenvalue weighted by Gasteiger charge is -2.20. The topological polar surface area (TPSA) is 80.5 Å². The van der Waals surface area contributed by atoms with Gasteiger partial charge in [-0.2, -0.15) is 0 Å². The van der Waals surface area contributed by atoms with Crippen molar-refractivity contribution >= 4 is 28.2 Å². The molecule has 1 atom stereocenters. The van der Waals surface area contributed by atoms with E-state index in [0.29, 0.717) is 16.6 Å². The quantitative estimate of drug-likeness (QED) is 0.891. The normalized spacial score (nSPS) is 18.8. The first-order valence-electron chi connectivity index (χ1n) is 7.18. The minimum absolute atomic E-state index is 0.0949. The average Bonchev–Trinajstić information content (AvgIpc) is 2.96. The van der Waals surface area contributed by atoms with Gasteiger partial charge in [-0.3, -0.25) is 4.79 Å². The molecule has 2 heterocycles. The van der Waals surface area contributed by atoms with Gasteiger partial charge in [0, 0.05) is 25.7 Å². The zero-order valence-electron chi connectivity index (χ0n) is 13.1. The fourth-order valence-electron chi connectivity index (χ4n) is 2.21. The van der Waals surface area contributed by atoms with Crippen LogP contribution in [0.2, 0.25) is 0 Å². The summed E-state index contributed by atoms with van der Waals surface area (Å²) in [5.41, 5.74) is 5.77. The van der Waals surface area contributed by atoms with Crippen LogP contribution in [0.5, 0.6) is 0 Å². The predicted octanol–water partition coefficient (Wildman–Crippen LogP) is 2.19. The lowest BCUT2D eigenvalue weighted by atomic mass is 10.1. The van der Waals surface area contributed by atoms with Crippen LogP contribution < -0.4 is 11.1 Å². The number of nitrogen functional groups attached to an aromatic ring is 1. The SMILES string of the molecule is CN(CC1CCCO1)C(=O)c1sc(NC(C)(C)C)nc1N. The Kier molecular flexibility index (Phi) is 4.73. The minimum atomic E-state index is -0.117. The number of rotatable bonds is 4. The summed E-state index contributed by atoms with van der Waals surface area (Å²) in [5, 5.41) is 3.92. The number of likely N-dealkylation sites (N-methyl/N-ethyl adjacent to an activating group) is 1. The largest absolute Gasteiger partial charge is 0.382 e. The van der Waals surface area contributed by atoms with Crippen LogP contribution in [0.4, 0.5) is 10.9 Å². The first-order chi connectivity index (χ1) is 9.76. The van der Waals surface area contributed by atoms with Crippen LogP contribution in [-0.2, 0) is 4.74 Å². The molecule has 0 spiro atoms. The molecular weight excluding hydrogens is 288 g/mol. The van der Waals surface area contributed by atoms with Gasteiger partial charge in [0.05, 0.1) is 6.10 Å². The highest BCUT2D eigenvalue weighted by molar-refractivity contribution is 7.18. The highest BCUT2D eigenvalue weighted by Crippen LogP contribution is 2.28. The standard InChI is InChI=1S/C14H24N4O2S/c1-14(2,3)17-13-16-11(15)10(21-13)12(19)18(4)8-9-6-5-7-20-9/h9H,5-8,15H2,1-4H3,(H,16,17). The second-order valence-corrected chi connectivity index (χ2v) is 7.43. The van der Waals surface area contributed by atoms with Crippen molar-refractivity contribution in [1.82, 2.24) is 9.88 Å². The molecule has 3 N–H and O–H groups in total. The van der Waals surface area contributed by atoms with Crippen LogP contribution >= 0.6 is 11.3 Å². The first kappa shape index (κ1) is 16.0. The van der Waals surface area contributed by atoms with E-state index in [9.17, 15) is 4.79 Å². The molecule has 6 nitrogen and oxygen atoms in total. The molecule has 2 rings (SSSR count). The zero-order valence-corrected chi connectivity index (χ0v) is 13.9. The second-order valence-electron chi connectivity index (χ2n) is 6.43. The number of nitrogens with one attached hydrogen (secondary N) is 1. The molecule has 7 heteroatoms. The highest BCUT2D eigenvalue weighted by Gasteiger charge is 2.25. The Balaban J connectivity index is 2.04. The van der Waals surface area contributed by atoms with Crippen LogP contribution in [-0.4, -0.2) is 47.6 Å². The number of thiazole rings is 1. The van der Waals surface area contributed by atoms with Crippen LogP contribution in [0.25, 0.3) is 0 Å². The van der Waals surface area contributed by atoms with Crippen molar-refractivity contribution in [1.29, 1.82) is 0 Å². The summed E-state index contributed by atoms with van der Waals surface area (Å²) in [6.07, 6.45) is 2.21. The molecule has 1 unspecified atom stereocenters. The summed E-state index contributed by atoms with van der Waals surface area (Å²) < 4.78 is 5.56. The van der Waals surface area contributed by atoms with E-state index in [1.807, 2.05) is 20.8 Å². The Morgan fingerprint density at radius 2 is 2.29 bits per heavy atom. The minimum Gasteiger partial charge on any atom is -0.382 e. The van der Waals surface area contributed by atoms with E-state index in [-0.39, 0.29) is 23.4 Å². The zero-order chi connectivity index (χ0) is 15.6. The molecule has 0 radical (unpaired) electrons. The van der Waals surface area contributed by atoms with Gasteiger partial charge in [0.25, 0.3) is 5.91 Å². The van der Waals surface area contributed by atoms with Gasteiger partial charge in [-0.25, -0.2) is 4.98 Å². The first-order valence-corrected chi connectivity index (χ1v) is 7.99. The molecule has 1 aliphatic heterocycles. The van der Waals surface area contributed by atoms with E-state index in [1.165, 1.54) is 11.3 Å². The van der Waals surface area contributed by atoms with E-state index in [2.05, 4.69) is 10.3 Å². The van der Waals surface area contributed by atoms with Crippen LogP contribution in [0, 0.1) is 0 Å². The van der Waals surface area contributed by atoms with E-state index in [1.54, 1.807) is 11.9 Å². The maximum absolute atomic E-state index is 12.5. The Morgan fingerprint density at radius 1 is 1.57 bits per heavy atom. The van der Waals surface area contributed by atoms with Gasteiger partial charge in [-0.1, -0.05) is 11.3 Å². The number of hydrogen-bond acceptors (Lipinski definition) is 6. The van der Waals surface area contributed by atoms with Gasteiger partial charge in [0.1, 0.15) is 10.7 Å². The number of carbonyl (C=O) groups excluding carboxylic acids is 1. The number of nitrogens with two attached hydrogens (primary N) is 1. The molecule has 118 valence electrons. The fraction of sp³-hybridized carbons (Fsp3) is 0.714. The molecule has 1 aliphatic rings. The molecule has 0 bridgehead atoms. The van der Waals surface area contributed by atoms with Crippen molar-refractivity contribution in [3.05, 3.63) is 4.88 Å².